The average Bonchev–Trinajstić information content (AvgIpc) is 3.30. The minimum Gasteiger partial charge on any atom is -0.462 e. The second kappa shape index (κ2) is 51.9. The van der Waals surface area contributed by atoms with Crippen molar-refractivity contribution in [3.05, 3.63) is 146 Å². The first-order valence-corrected chi connectivity index (χ1v) is 25.4. The lowest BCUT2D eigenvalue weighted by Crippen LogP contribution is -2.30. The Labute approximate surface area is 397 Å². The van der Waals surface area contributed by atoms with Crippen molar-refractivity contribution < 1.29 is 28.6 Å². The van der Waals surface area contributed by atoms with Crippen LogP contribution in [0, 0.1) is 0 Å². The zero-order valence-corrected chi connectivity index (χ0v) is 41.2. The molecular weight excluding hydrogens is 805 g/mol. The van der Waals surface area contributed by atoms with Crippen LogP contribution in [0.5, 0.6) is 0 Å². The number of hydrogen-bond donors (Lipinski definition) is 0. The first-order valence-electron chi connectivity index (χ1n) is 25.4. The summed E-state index contributed by atoms with van der Waals surface area (Å²) in [5.74, 6) is -1.07. The third-order valence-corrected chi connectivity index (χ3v) is 10.00. The van der Waals surface area contributed by atoms with Crippen molar-refractivity contribution in [2.24, 2.45) is 0 Å². The molecule has 0 fully saturated rings. The van der Waals surface area contributed by atoms with Crippen molar-refractivity contribution in [1.82, 2.24) is 0 Å². The zero-order chi connectivity index (χ0) is 47.2. The summed E-state index contributed by atoms with van der Waals surface area (Å²) in [7, 11) is 0. The maximum Gasteiger partial charge on any atom is 0.306 e. The summed E-state index contributed by atoms with van der Waals surface area (Å²) in [4.78, 5) is 37.9. The quantitative estimate of drug-likeness (QED) is 0.0199. The van der Waals surface area contributed by atoms with Gasteiger partial charge in [0.1, 0.15) is 13.2 Å². The largest absolute Gasteiger partial charge is 0.462 e. The molecule has 0 bridgehead atoms. The van der Waals surface area contributed by atoms with Crippen LogP contribution in [0.4, 0.5) is 0 Å². The highest BCUT2D eigenvalue weighted by molar-refractivity contribution is 5.71. The summed E-state index contributed by atoms with van der Waals surface area (Å²) in [6.07, 6.45) is 74.1. The minimum absolute atomic E-state index is 0.131. The lowest BCUT2D eigenvalue weighted by Gasteiger charge is -2.18. The molecule has 0 aromatic rings. The van der Waals surface area contributed by atoms with Crippen molar-refractivity contribution in [3.8, 4) is 0 Å². The van der Waals surface area contributed by atoms with Crippen molar-refractivity contribution in [1.29, 1.82) is 0 Å². The van der Waals surface area contributed by atoms with E-state index in [4.69, 9.17) is 14.2 Å². The second-order valence-electron chi connectivity index (χ2n) is 16.1. The van der Waals surface area contributed by atoms with Gasteiger partial charge in [0.2, 0.25) is 0 Å². The Bertz CT molecular complexity index is 1490. The molecule has 65 heavy (non-hydrogen) atoms. The fourth-order valence-electron chi connectivity index (χ4n) is 6.23. The van der Waals surface area contributed by atoms with Gasteiger partial charge in [-0.25, -0.2) is 0 Å². The molecule has 0 aliphatic carbocycles. The summed E-state index contributed by atoms with van der Waals surface area (Å²) in [5, 5.41) is 0. The molecule has 0 N–H and O–H groups in total. The molecule has 0 heterocycles. The highest BCUT2D eigenvalue weighted by atomic mass is 16.6. The van der Waals surface area contributed by atoms with Gasteiger partial charge in [0.25, 0.3) is 0 Å². The van der Waals surface area contributed by atoms with Gasteiger partial charge in [-0.05, 0) is 96.3 Å². The van der Waals surface area contributed by atoms with E-state index in [2.05, 4.69) is 112 Å². The smallest absolute Gasteiger partial charge is 0.306 e. The lowest BCUT2D eigenvalue weighted by molar-refractivity contribution is -0.167. The zero-order valence-electron chi connectivity index (χ0n) is 41.2. The van der Waals surface area contributed by atoms with Gasteiger partial charge in [-0.1, -0.05) is 218 Å². The molecule has 0 radical (unpaired) electrons. The molecule has 0 rings (SSSR count). The Morgan fingerprint density at radius 1 is 0.338 bits per heavy atom. The fourth-order valence-corrected chi connectivity index (χ4v) is 6.23. The SMILES string of the molecule is CC\C=C/C=C\C=C/C=C\C=C/CCCC(=O)OCC(COC(=O)CCCCCCC\C=C/C=C\C=C/CCCCCCC)OC(=O)CCCCC/C=C\C/C=C\C/C=C\C/C=C\CC. The number of carbonyl (C=O) groups is 3. The Balaban J connectivity index is 4.60. The molecule has 0 spiro atoms. The topological polar surface area (TPSA) is 78.9 Å². The Morgan fingerprint density at radius 2 is 0.692 bits per heavy atom. The number of hydrogen-bond acceptors (Lipinski definition) is 6. The van der Waals surface area contributed by atoms with E-state index in [-0.39, 0.29) is 44.0 Å². The Hall–Kier alpha value is -4.71. The van der Waals surface area contributed by atoms with Gasteiger partial charge in [-0.2, -0.15) is 0 Å². The molecule has 0 aromatic carbocycles. The number of ether oxygens (including phenoxy) is 3. The van der Waals surface area contributed by atoms with Crippen LogP contribution in [0.25, 0.3) is 0 Å². The molecule has 1 unspecified atom stereocenters. The minimum atomic E-state index is -0.838. The van der Waals surface area contributed by atoms with E-state index in [9.17, 15) is 14.4 Å². The van der Waals surface area contributed by atoms with Crippen LogP contribution in [0.15, 0.2) is 146 Å². The third kappa shape index (κ3) is 50.2. The van der Waals surface area contributed by atoms with Crippen molar-refractivity contribution in [3.63, 3.8) is 0 Å². The van der Waals surface area contributed by atoms with Gasteiger partial charge in [0.05, 0.1) is 0 Å². The number of allylic oxidation sites excluding steroid dienone is 24. The van der Waals surface area contributed by atoms with Crippen molar-refractivity contribution >= 4 is 17.9 Å². The maximum absolute atomic E-state index is 12.8. The average molecular weight is 895 g/mol. The predicted molar refractivity (Wildman–Crippen MR) is 279 cm³/mol. The monoisotopic (exact) mass is 895 g/mol. The van der Waals surface area contributed by atoms with Crippen LogP contribution in [-0.2, 0) is 28.6 Å². The summed E-state index contributed by atoms with van der Waals surface area (Å²) in [6.45, 7) is 6.22. The van der Waals surface area contributed by atoms with Gasteiger partial charge >= 0.3 is 17.9 Å². The summed E-state index contributed by atoms with van der Waals surface area (Å²) in [5.41, 5.74) is 0. The summed E-state index contributed by atoms with van der Waals surface area (Å²) in [6, 6.07) is 0. The second-order valence-corrected chi connectivity index (χ2v) is 16.1. The van der Waals surface area contributed by atoms with Crippen LogP contribution < -0.4 is 0 Å². The first kappa shape index (κ1) is 60.3. The molecule has 0 aromatic heterocycles. The van der Waals surface area contributed by atoms with Crippen molar-refractivity contribution in [2.75, 3.05) is 13.2 Å². The van der Waals surface area contributed by atoms with E-state index in [1.807, 2.05) is 54.7 Å². The van der Waals surface area contributed by atoms with Crippen LogP contribution in [0.2, 0.25) is 0 Å². The molecule has 6 nitrogen and oxygen atoms in total. The van der Waals surface area contributed by atoms with E-state index in [1.165, 1.54) is 32.1 Å². The lowest BCUT2D eigenvalue weighted by atomic mass is 10.1. The number of rotatable bonds is 43. The van der Waals surface area contributed by atoms with Crippen LogP contribution in [-0.4, -0.2) is 37.2 Å². The molecule has 362 valence electrons. The molecular formula is C59H90O6. The van der Waals surface area contributed by atoms with E-state index in [1.54, 1.807) is 0 Å². The van der Waals surface area contributed by atoms with Gasteiger partial charge in [0.15, 0.2) is 6.10 Å². The van der Waals surface area contributed by atoms with E-state index >= 15 is 0 Å². The Kier molecular flexibility index (Phi) is 48.2. The van der Waals surface area contributed by atoms with Crippen LogP contribution in [0.1, 0.15) is 188 Å². The van der Waals surface area contributed by atoms with Gasteiger partial charge in [-0.15, -0.1) is 0 Å². The molecule has 0 saturated heterocycles. The predicted octanol–water partition coefficient (Wildman–Crippen LogP) is 16.9. The Morgan fingerprint density at radius 3 is 1.20 bits per heavy atom. The van der Waals surface area contributed by atoms with Crippen molar-refractivity contribution in [2.45, 2.75) is 194 Å². The molecule has 0 saturated carbocycles. The normalized spacial score (nSPS) is 13.3. The van der Waals surface area contributed by atoms with Gasteiger partial charge in [-0.3, -0.25) is 14.4 Å². The summed E-state index contributed by atoms with van der Waals surface area (Å²) >= 11 is 0. The molecule has 0 aliphatic heterocycles. The first-order chi connectivity index (χ1) is 32.0. The van der Waals surface area contributed by atoms with Gasteiger partial charge in [0, 0.05) is 19.3 Å². The molecule has 6 heteroatoms. The molecule has 1 atom stereocenters. The van der Waals surface area contributed by atoms with Gasteiger partial charge < -0.3 is 14.2 Å². The van der Waals surface area contributed by atoms with E-state index in [0.29, 0.717) is 19.3 Å². The maximum atomic E-state index is 12.8. The fraction of sp³-hybridized carbons (Fsp3) is 0.542. The van der Waals surface area contributed by atoms with Crippen LogP contribution in [0.3, 0.4) is 0 Å². The van der Waals surface area contributed by atoms with Crippen LogP contribution >= 0.6 is 0 Å². The van der Waals surface area contributed by atoms with E-state index < -0.39 is 6.10 Å². The highest BCUT2D eigenvalue weighted by Crippen LogP contribution is 2.11. The number of esters is 3. The molecule has 0 aliphatic rings. The number of unbranched alkanes of at least 4 members (excludes halogenated alkanes) is 14. The van der Waals surface area contributed by atoms with E-state index in [0.717, 1.165) is 103 Å². The molecule has 0 amide bonds. The standard InChI is InChI=1S/C59H90O6/c1-4-7-10-13-16-19-22-25-27-29-30-32-34-37-40-43-46-49-52-58(61)64-55-56(54-63-57(60)51-48-45-42-39-36-33-24-21-18-15-12-9-6-3)65-59(62)53-50-47-44-41-38-35-31-28-26-23-20-17-14-11-8-5-2/h8-9,11-12,15,17-18,20-22,24-30,32-33,35-36,38-39,42,56H,4-7,10,13-14,16,19,23,31,34,37,40-41,43-55H2,1-3H3/b11-8-,12-9-,18-15-,20-17-,24-21-,25-22-,28-26-,29-27-,32-30-,36-33-,38-35-,42-39-. The summed E-state index contributed by atoms with van der Waals surface area (Å²) < 4.78 is 16.7. The third-order valence-electron chi connectivity index (χ3n) is 10.00. The number of carbonyl (C=O) groups excluding carboxylic acids is 3. The highest BCUT2D eigenvalue weighted by Gasteiger charge is 2.19.